The smallest absolute Gasteiger partial charge is 0.146 e. The van der Waals surface area contributed by atoms with Gasteiger partial charge in [-0.1, -0.05) is 0 Å². The fraction of sp³-hybridized carbons (Fsp3) is 0.500. The zero-order valence-corrected chi connectivity index (χ0v) is 9.37. The summed E-state index contributed by atoms with van der Waals surface area (Å²) in [4.78, 5) is 0. The van der Waals surface area contributed by atoms with Crippen LogP contribution in [-0.4, -0.2) is 31.1 Å². The number of nitrogens with zero attached hydrogens (tertiary/aromatic N) is 5. The van der Waals surface area contributed by atoms with E-state index in [1.807, 2.05) is 28.6 Å². The summed E-state index contributed by atoms with van der Waals surface area (Å²) in [5.74, 6) is 0.957. The van der Waals surface area contributed by atoms with E-state index >= 15 is 0 Å². The fourth-order valence-corrected chi connectivity index (χ4v) is 1.47. The van der Waals surface area contributed by atoms with Crippen LogP contribution in [0.2, 0.25) is 0 Å². The molecule has 0 atom stereocenters. The molecule has 0 aliphatic heterocycles. The molecule has 0 aromatic carbocycles. The lowest BCUT2D eigenvalue weighted by molar-refractivity contribution is 0.534. The molecule has 0 unspecified atom stereocenters. The number of rotatable bonds is 6. The Labute approximate surface area is 94.3 Å². The van der Waals surface area contributed by atoms with E-state index in [0.717, 1.165) is 31.9 Å². The fourth-order valence-electron chi connectivity index (χ4n) is 1.47. The summed E-state index contributed by atoms with van der Waals surface area (Å²) in [6.45, 7) is 2.65. The van der Waals surface area contributed by atoms with Gasteiger partial charge in [-0.25, -0.2) is 0 Å². The van der Waals surface area contributed by atoms with E-state index in [1.54, 1.807) is 12.5 Å². The molecule has 1 N–H and O–H groups in total. The van der Waals surface area contributed by atoms with Crippen LogP contribution in [0.3, 0.4) is 0 Å². The van der Waals surface area contributed by atoms with Crippen LogP contribution in [-0.2, 0) is 20.1 Å². The summed E-state index contributed by atoms with van der Waals surface area (Å²) in [5, 5.41) is 15.3. The van der Waals surface area contributed by atoms with Crippen LogP contribution in [0.4, 0.5) is 0 Å². The molecule has 2 rings (SSSR count). The van der Waals surface area contributed by atoms with Gasteiger partial charge >= 0.3 is 0 Å². The quantitative estimate of drug-likeness (QED) is 0.706. The average Bonchev–Trinajstić information content (AvgIpc) is 2.90. The Morgan fingerprint density at radius 1 is 1.44 bits per heavy atom. The lowest BCUT2D eigenvalue weighted by Gasteiger charge is -2.04. The van der Waals surface area contributed by atoms with Crippen molar-refractivity contribution in [2.75, 3.05) is 6.54 Å². The van der Waals surface area contributed by atoms with Gasteiger partial charge in [-0.3, -0.25) is 4.68 Å². The molecular formula is C10H16N6. The van der Waals surface area contributed by atoms with E-state index < -0.39 is 0 Å². The SMILES string of the molecule is Cn1cnnc1CNCCCn1cccn1. The topological polar surface area (TPSA) is 60.6 Å². The Morgan fingerprint density at radius 3 is 3.06 bits per heavy atom. The summed E-state index contributed by atoms with van der Waals surface area (Å²) in [6, 6.07) is 1.94. The van der Waals surface area contributed by atoms with Crippen molar-refractivity contribution >= 4 is 0 Å². The van der Waals surface area contributed by atoms with E-state index in [1.165, 1.54) is 0 Å². The number of hydrogen-bond donors (Lipinski definition) is 1. The van der Waals surface area contributed by atoms with Gasteiger partial charge < -0.3 is 9.88 Å². The second kappa shape index (κ2) is 5.41. The van der Waals surface area contributed by atoms with Gasteiger partial charge in [0.05, 0.1) is 6.54 Å². The molecule has 0 saturated heterocycles. The summed E-state index contributed by atoms with van der Waals surface area (Å²) < 4.78 is 3.85. The standard InChI is InChI=1S/C10H16N6/c1-15-9-12-14-10(15)8-11-4-2-6-16-7-3-5-13-16/h3,5,7,9,11H,2,4,6,8H2,1H3. The minimum absolute atomic E-state index is 0.760. The monoisotopic (exact) mass is 220 g/mol. The number of nitrogens with one attached hydrogen (secondary N) is 1. The largest absolute Gasteiger partial charge is 0.320 e. The summed E-state index contributed by atoms with van der Waals surface area (Å²) >= 11 is 0. The highest BCUT2D eigenvalue weighted by atomic mass is 15.3. The van der Waals surface area contributed by atoms with Gasteiger partial charge in [0.1, 0.15) is 12.2 Å². The first-order valence-electron chi connectivity index (χ1n) is 5.37. The van der Waals surface area contributed by atoms with Gasteiger partial charge in [0.2, 0.25) is 0 Å². The average molecular weight is 220 g/mol. The lowest BCUT2D eigenvalue weighted by atomic mass is 10.4. The predicted octanol–water partition coefficient (Wildman–Crippen LogP) is 0.191. The summed E-state index contributed by atoms with van der Waals surface area (Å²) in [6.07, 6.45) is 6.54. The Morgan fingerprint density at radius 2 is 2.38 bits per heavy atom. The first-order chi connectivity index (χ1) is 7.86. The third kappa shape index (κ3) is 2.90. The first-order valence-corrected chi connectivity index (χ1v) is 5.37. The molecule has 0 aliphatic rings. The van der Waals surface area contributed by atoms with Crippen molar-refractivity contribution < 1.29 is 0 Å². The molecule has 0 bridgehead atoms. The van der Waals surface area contributed by atoms with Gasteiger partial charge in [0.15, 0.2) is 0 Å². The minimum atomic E-state index is 0.760. The summed E-state index contributed by atoms with van der Waals surface area (Å²) in [7, 11) is 1.95. The molecular weight excluding hydrogens is 204 g/mol. The molecule has 2 aromatic rings. The van der Waals surface area contributed by atoms with Gasteiger partial charge in [0, 0.05) is 26.0 Å². The molecule has 0 saturated carbocycles. The van der Waals surface area contributed by atoms with Crippen molar-refractivity contribution in [2.45, 2.75) is 19.5 Å². The lowest BCUT2D eigenvalue weighted by Crippen LogP contribution is -2.18. The Kier molecular flexibility index (Phi) is 3.66. The number of aromatic nitrogens is 5. The van der Waals surface area contributed by atoms with Gasteiger partial charge in [-0.15, -0.1) is 10.2 Å². The molecule has 16 heavy (non-hydrogen) atoms. The molecule has 0 radical (unpaired) electrons. The van der Waals surface area contributed by atoms with Gasteiger partial charge in [0.25, 0.3) is 0 Å². The zero-order valence-electron chi connectivity index (χ0n) is 9.37. The van der Waals surface area contributed by atoms with Crippen molar-refractivity contribution in [1.82, 2.24) is 29.9 Å². The third-order valence-corrected chi connectivity index (χ3v) is 2.39. The maximum absolute atomic E-state index is 4.14. The van der Waals surface area contributed by atoms with Crippen molar-refractivity contribution in [1.29, 1.82) is 0 Å². The van der Waals surface area contributed by atoms with Crippen LogP contribution in [0.25, 0.3) is 0 Å². The Hall–Kier alpha value is -1.69. The maximum Gasteiger partial charge on any atom is 0.146 e. The maximum atomic E-state index is 4.14. The zero-order chi connectivity index (χ0) is 11.2. The van der Waals surface area contributed by atoms with E-state index in [2.05, 4.69) is 20.6 Å². The molecule has 0 spiro atoms. The van der Waals surface area contributed by atoms with Crippen molar-refractivity contribution in [3.05, 3.63) is 30.6 Å². The minimum Gasteiger partial charge on any atom is -0.320 e. The van der Waals surface area contributed by atoms with Gasteiger partial charge in [-0.05, 0) is 19.0 Å². The van der Waals surface area contributed by atoms with Crippen LogP contribution in [0.15, 0.2) is 24.8 Å². The van der Waals surface area contributed by atoms with E-state index in [0.29, 0.717) is 0 Å². The second-order valence-corrected chi connectivity index (χ2v) is 3.66. The highest BCUT2D eigenvalue weighted by Gasteiger charge is 1.98. The van der Waals surface area contributed by atoms with Crippen molar-refractivity contribution in [3.63, 3.8) is 0 Å². The van der Waals surface area contributed by atoms with Crippen molar-refractivity contribution in [2.24, 2.45) is 7.05 Å². The molecule has 6 nitrogen and oxygen atoms in total. The van der Waals surface area contributed by atoms with Crippen molar-refractivity contribution in [3.8, 4) is 0 Å². The number of hydrogen-bond acceptors (Lipinski definition) is 4. The highest BCUT2D eigenvalue weighted by molar-refractivity contribution is 4.83. The predicted molar refractivity (Wildman–Crippen MR) is 59.6 cm³/mol. The van der Waals surface area contributed by atoms with Crippen LogP contribution >= 0.6 is 0 Å². The Balaban J connectivity index is 1.61. The molecule has 0 aliphatic carbocycles. The normalized spacial score (nSPS) is 10.8. The van der Waals surface area contributed by atoms with Crippen LogP contribution in [0.5, 0.6) is 0 Å². The highest BCUT2D eigenvalue weighted by Crippen LogP contribution is 1.91. The first kappa shape index (κ1) is 10.8. The third-order valence-electron chi connectivity index (χ3n) is 2.39. The molecule has 2 heterocycles. The van der Waals surface area contributed by atoms with E-state index in [4.69, 9.17) is 0 Å². The summed E-state index contributed by atoms with van der Waals surface area (Å²) in [5.41, 5.74) is 0. The van der Waals surface area contributed by atoms with E-state index in [-0.39, 0.29) is 0 Å². The molecule has 86 valence electrons. The molecule has 2 aromatic heterocycles. The van der Waals surface area contributed by atoms with Crippen LogP contribution in [0, 0.1) is 0 Å². The van der Waals surface area contributed by atoms with Crippen LogP contribution < -0.4 is 5.32 Å². The van der Waals surface area contributed by atoms with Gasteiger partial charge in [-0.2, -0.15) is 5.10 Å². The van der Waals surface area contributed by atoms with E-state index in [9.17, 15) is 0 Å². The van der Waals surface area contributed by atoms with Crippen LogP contribution in [0.1, 0.15) is 12.2 Å². The molecule has 0 amide bonds. The number of aryl methyl sites for hydroxylation is 2. The second-order valence-electron chi connectivity index (χ2n) is 3.66. The Bertz CT molecular complexity index is 405. The molecule has 0 fully saturated rings. The molecule has 6 heteroatoms.